The summed E-state index contributed by atoms with van der Waals surface area (Å²) in [5.74, 6) is -0.423. The summed E-state index contributed by atoms with van der Waals surface area (Å²) in [5.41, 5.74) is 5.82. The lowest BCUT2D eigenvalue weighted by molar-refractivity contribution is -0.139. The maximum Gasteiger partial charge on any atom is 0.303 e. The van der Waals surface area contributed by atoms with Gasteiger partial charge in [0, 0.05) is 19.5 Å². The van der Waals surface area contributed by atoms with Crippen LogP contribution in [0.2, 0.25) is 0 Å². The number of carbonyl (C=O) groups excluding carboxylic acids is 1. The molecule has 0 aromatic heterocycles. The van der Waals surface area contributed by atoms with Gasteiger partial charge >= 0.3 is 5.97 Å². The lowest BCUT2D eigenvalue weighted by Gasteiger charge is -2.33. The molecule has 1 heterocycles. The Bertz CT molecular complexity index is 283. The zero-order valence-electron chi connectivity index (χ0n) is 10.6. The highest BCUT2D eigenvalue weighted by atomic mass is 16.4. The Morgan fingerprint density at radius 1 is 1.35 bits per heavy atom. The standard InChI is InChI=1S/C12H22N2O3/c1-8(2)11(13)12(17)14-5-3-9(4-6-14)7-10(15)16/h8-9,11H,3-7,13H2,1-2H3,(H,15,16)/t11-/m0/s1. The van der Waals surface area contributed by atoms with E-state index in [-0.39, 0.29) is 24.2 Å². The van der Waals surface area contributed by atoms with Crippen LogP contribution in [-0.4, -0.2) is 41.0 Å². The van der Waals surface area contributed by atoms with Gasteiger partial charge in [-0.3, -0.25) is 9.59 Å². The van der Waals surface area contributed by atoms with Crippen LogP contribution in [-0.2, 0) is 9.59 Å². The number of carbonyl (C=O) groups is 2. The van der Waals surface area contributed by atoms with Crippen LogP contribution >= 0.6 is 0 Å². The van der Waals surface area contributed by atoms with E-state index in [1.165, 1.54) is 0 Å². The molecule has 17 heavy (non-hydrogen) atoms. The Morgan fingerprint density at radius 3 is 2.29 bits per heavy atom. The summed E-state index contributed by atoms with van der Waals surface area (Å²) in [6, 6.07) is -0.439. The fourth-order valence-electron chi connectivity index (χ4n) is 2.10. The summed E-state index contributed by atoms with van der Waals surface area (Å²) in [6.45, 7) is 5.13. The van der Waals surface area contributed by atoms with E-state index in [4.69, 9.17) is 10.8 Å². The molecule has 0 aliphatic carbocycles. The molecule has 0 aromatic carbocycles. The predicted octanol–water partition coefficient (Wildman–Crippen LogP) is 0.683. The van der Waals surface area contributed by atoms with Crippen LogP contribution in [0.3, 0.4) is 0 Å². The number of nitrogens with zero attached hydrogens (tertiary/aromatic N) is 1. The van der Waals surface area contributed by atoms with Gasteiger partial charge in [0.15, 0.2) is 0 Å². The number of piperidine rings is 1. The van der Waals surface area contributed by atoms with Crippen molar-refractivity contribution in [2.24, 2.45) is 17.6 Å². The topological polar surface area (TPSA) is 83.6 Å². The van der Waals surface area contributed by atoms with Gasteiger partial charge in [0.1, 0.15) is 0 Å². The van der Waals surface area contributed by atoms with Gasteiger partial charge in [-0.1, -0.05) is 13.8 Å². The summed E-state index contributed by atoms with van der Waals surface area (Å²) in [6.07, 6.45) is 1.74. The number of hydrogen-bond acceptors (Lipinski definition) is 3. The van der Waals surface area contributed by atoms with Gasteiger partial charge in [-0.25, -0.2) is 0 Å². The minimum atomic E-state index is -0.756. The molecule has 1 atom stereocenters. The summed E-state index contributed by atoms with van der Waals surface area (Å²) in [5, 5.41) is 8.70. The van der Waals surface area contributed by atoms with Gasteiger partial charge in [-0.2, -0.15) is 0 Å². The van der Waals surface area contributed by atoms with Crippen molar-refractivity contribution in [3.8, 4) is 0 Å². The first-order valence-corrected chi connectivity index (χ1v) is 6.18. The van der Waals surface area contributed by atoms with Gasteiger partial charge < -0.3 is 15.7 Å². The zero-order chi connectivity index (χ0) is 13.0. The van der Waals surface area contributed by atoms with Crippen LogP contribution in [0.25, 0.3) is 0 Å². The van der Waals surface area contributed by atoms with E-state index in [2.05, 4.69) is 0 Å². The lowest BCUT2D eigenvalue weighted by atomic mass is 9.92. The van der Waals surface area contributed by atoms with Crippen LogP contribution in [0, 0.1) is 11.8 Å². The number of aliphatic carboxylic acids is 1. The van der Waals surface area contributed by atoms with E-state index < -0.39 is 12.0 Å². The number of rotatable bonds is 4. The van der Waals surface area contributed by atoms with Gasteiger partial charge in [0.05, 0.1) is 6.04 Å². The van der Waals surface area contributed by atoms with Gasteiger partial charge in [-0.15, -0.1) is 0 Å². The molecule has 1 aliphatic rings. The maximum atomic E-state index is 12.0. The minimum absolute atomic E-state index is 0.00576. The Balaban J connectivity index is 2.41. The number of amides is 1. The molecule has 0 spiro atoms. The molecule has 5 heteroatoms. The third-order valence-corrected chi connectivity index (χ3v) is 3.39. The van der Waals surface area contributed by atoms with E-state index in [1.54, 1.807) is 4.90 Å². The molecule has 5 nitrogen and oxygen atoms in total. The molecule has 0 unspecified atom stereocenters. The van der Waals surface area contributed by atoms with Gasteiger partial charge in [0.2, 0.25) is 5.91 Å². The number of carboxylic acids is 1. The molecule has 98 valence electrons. The van der Waals surface area contributed by atoms with Crippen molar-refractivity contribution in [3.05, 3.63) is 0 Å². The fourth-order valence-corrected chi connectivity index (χ4v) is 2.10. The highest BCUT2D eigenvalue weighted by Crippen LogP contribution is 2.21. The summed E-state index contributed by atoms with van der Waals surface area (Å²) < 4.78 is 0. The largest absolute Gasteiger partial charge is 0.481 e. The second-order valence-corrected chi connectivity index (χ2v) is 5.14. The first-order chi connectivity index (χ1) is 7.91. The van der Waals surface area contributed by atoms with Crippen molar-refractivity contribution >= 4 is 11.9 Å². The van der Waals surface area contributed by atoms with Crippen LogP contribution in [0.15, 0.2) is 0 Å². The Labute approximate surface area is 102 Å². The Morgan fingerprint density at radius 2 is 1.88 bits per heavy atom. The normalized spacial score (nSPS) is 19.4. The highest BCUT2D eigenvalue weighted by Gasteiger charge is 2.28. The fraction of sp³-hybridized carbons (Fsp3) is 0.833. The monoisotopic (exact) mass is 242 g/mol. The average molecular weight is 242 g/mol. The minimum Gasteiger partial charge on any atom is -0.481 e. The van der Waals surface area contributed by atoms with Crippen molar-refractivity contribution in [1.82, 2.24) is 4.90 Å². The average Bonchev–Trinajstić information content (AvgIpc) is 2.27. The molecule has 0 bridgehead atoms. The lowest BCUT2D eigenvalue weighted by Crippen LogP contribution is -2.49. The Kier molecular flexibility index (Phi) is 4.93. The zero-order valence-corrected chi connectivity index (χ0v) is 10.6. The van der Waals surface area contributed by atoms with E-state index in [0.717, 1.165) is 12.8 Å². The van der Waals surface area contributed by atoms with Crippen molar-refractivity contribution in [2.75, 3.05) is 13.1 Å². The van der Waals surface area contributed by atoms with Crippen LogP contribution < -0.4 is 5.73 Å². The highest BCUT2D eigenvalue weighted by molar-refractivity contribution is 5.82. The van der Waals surface area contributed by atoms with Crippen molar-refractivity contribution in [2.45, 2.75) is 39.2 Å². The first-order valence-electron chi connectivity index (χ1n) is 6.18. The molecule has 1 saturated heterocycles. The van der Waals surface area contributed by atoms with E-state index in [1.807, 2.05) is 13.8 Å². The molecule has 0 radical (unpaired) electrons. The SMILES string of the molecule is CC(C)[C@H](N)C(=O)N1CCC(CC(=O)O)CC1. The number of likely N-dealkylation sites (tertiary alicyclic amines) is 1. The molecule has 1 fully saturated rings. The quantitative estimate of drug-likeness (QED) is 0.759. The maximum absolute atomic E-state index is 12.0. The second kappa shape index (κ2) is 6.00. The third-order valence-electron chi connectivity index (χ3n) is 3.39. The van der Waals surface area contributed by atoms with Gasteiger partial charge in [0.25, 0.3) is 0 Å². The van der Waals surface area contributed by atoms with E-state index in [0.29, 0.717) is 13.1 Å². The van der Waals surface area contributed by atoms with Crippen molar-refractivity contribution in [1.29, 1.82) is 0 Å². The van der Waals surface area contributed by atoms with Crippen LogP contribution in [0.1, 0.15) is 33.1 Å². The van der Waals surface area contributed by atoms with E-state index >= 15 is 0 Å². The first kappa shape index (κ1) is 14.0. The second-order valence-electron chi connectivity index (χ2n) is 5.14. The van der Waals surface area contributed by atoms with Crippen LogP contribution in [0.4, 0.5) is 0 Å². The third kappa shape index (κ3) is 4.00. The molecule has 0 aromatic rings. The molecule has 3 N–H and O–H groups in total. The Hall–Kier alpha value is -1.10. The number of hydrogen-bond donors (Lipinski definition) is 2. The smallest absolute Gasteiger partial charge is 0.303 e. The number of nitrogens with two attached hydrogens (primary N) is 1. The van der Waals surface area contributed by atoms with Crippen molar-refractivity contribution in [3.63, 3.8) is 0 Å². The number of carboxylic acid groups (broad SMARTS) is 1. The summed E-state index contributed by atoms with van der Waals surface area (Å²) >= 11 is 0. The predicted molar refractivity (Wildman–Crippen MR) is 64.4 cm³/mol. The molecular formula is C12H22N2O3. The molecule has 1 aliphatic heterocycles. The van der Waals surface area contributed by atoms with E-state index in [9.17, 15) is 9.59 Å². The summed E-state index contributed by atoms with van der Waals surface area (Å²) in [4.78, 5) is 24.3. The molecule has 1 rings (SSSR count). The van der Waals surface area contributed by atoms with Crippen molar-refractivity contribution < 1.29 is 14.7 Å². The van der Waals surface area contributed by atoms with Gasteiger partial charge in [-0.05, 0) is 24.7 Å². The molecule has 1 amide bonds. The molecule has 0 saturated carbocycles. The summed E-state index contributed by atoms with van der Waals surface area (Å²) in [7, 11) is 0. The van der Waals surface area contributed by atoms with Crippen LogP contribution in [0.5, 0.6) is 0 Å². The molecular weight excluding hydrogens is 220 g/mol.